The van der Waals surface area contributed by atoms with E-state index in [1.807, 2.05) is 43.9 Å². The van der Waals surface area contributed by atoms with Crippen molar-refractivity contribution in [2.24, 2.45) is 0 Å². The van der Waals surface area contributed by atoms with E-state index in [0.717, 1.165) is 0 Å². The summed E-state index contributed by atoms with van der Waals surface area (Å²) in [6, 6.07) is 7.33. The lowest BCUT2D eigenvalue weighted by Crippen LogP contribution is -2.45. The lowest BCUT2D eigenvalue weighted by Gasteiger charge is -2.31. The molecule has 0 spiro atoms. The summed E-state index contributed by atoms with van der Waals surface area (Å²) >= 11 is 1.32. The summed E-state index contributed by atoms with van der Waals surface area (Å²) in [5.41, 5.74) is 0.581. The van der Waals surface area contributed by atoms with E-state index in [9.17, 15) is 9.59 Å². The number of carbonyl (C=O) groups excluding carboxylic acids is 1. The Morgan fingerprint density at radius 2 is 2.17 bits per heavy atom. The maximum absolute atomic E-state index is 13.0. The van der Waals surface area contributed by atoms with Gasteiger partial charge in [0.15, 0.2) is 5.16 Å². The predicted octanol–water partition coefficient (Wildman–Crippen LogP) is 2.55. The van der Waals surface area contributed by atoms with Crippen molar-refractivity contribution in [1.29, 1.82) is 0 Å². The van der Waals surface area contributed by atoms with Gasteiger partial charge < -0.3 is 14.4 Å². The number of rotatable bonds is 8. The van der Waals surface area contributed by atoms with Gasteiger partial charge in [-0.3, -0.25) is 14.2 Å². The highest BCUT2D eigenvalue weighted by atomic mass is 32.2. The molecule has 1 aromatic carbocycles. The van der Waals surface area contributed by atoms with Crippen molar-refractivity contribution in [3.63, 3.8) is 0 Å². The Balaban J connectivity index is 1.76. The largest absolute Gasteiger partial charge is 0.379 e. The van der Waals surface area contributed by atoms with Crippen molar-refractivity contribution in [1.82, 2.24) is 14.5 Å². The molecular formula is C21H29N3O4S. The minimum Gasteiger partial charge on any atom is -0.379 e. The van der Waals surface area contributed by atoms with Crippen LogP contribution in [-0.2, 0) is 20.8 Å². The fourth-order valence-electron chi connectivity index (χ4n) is 3.26. The second-order valence-electron chi connectivity index (χ2n) is 7.45. The SMILES string of the molecule is CC(C)OCCCn1c(SCC(=O)N2CCOC(C)C2)nc2ccccc2c1=O. The van der Waals surface area contributed by atoms with E-state index in [1.165, 1.54) is 11.8 Å². The number of nitrogens with zero attached hydrogens (tertiary/aromatic N) is 3. The number of aromatic nitrogens is 2. The highest BCUT2D eigenvalue weighted by Crippen LogP contribution is 2.19. The van der Waals surface area contributed by atoms with Gasteiger partial charge in [0.05, 0.1) is 35.5 Å². The normalized spacial score (nSPS) is 17.2. The van der Waals surface area contributed by atoms with Crippen molar-refractivity contribution in [2.45, 2.75) is 51.1 Å². The third kappa shape index (κ3) is 5.81. The molecule has 1 amide bonds. The fraction of sp³-hybridized carbons (Fsp3) is 0.571. The molecule has 1 fully saturated rings. The van der Waals surface area contributed by atoms with Crippen LogP contribution in [0.15, 0.2) is 34.2 Å². The lowest BCUT2D eigenvalue weighted by atomic mass is 10.2. The number of hydrogen-bond acceptors (Lipinski definition) is 6. The van der Waals surface area contributed by atoms with E-state index in [-0.39, 0.29) is 29.4 Å². The molecule has 1 aromatic heterocycles. The molecule has 3 rings (SSSR count). The van der Waals surface area contributed by atoms with E-state index < -0.39 is 0 Å². The zero-order chi connectivity index (χ0) is 20.8. The Bertz CT molecular complexity index is 899. The summed E-state index contributed by atoms with van der Waals surface area (Å²) in [6.07, 6.45) is 0.917. The number of thioether (sulfide) groups is 1. The molecule has 1 atom stereocenters. The van der Waals surface area contributed by atoms with Crippen LogP contribution in [-0.4, -0.2) is 64.6 Å². The van der Waals surface area contributed by atoms with Gasteiger partial charge in [-0.05, 0) is 39.3 Å². The molecule has 0 radical (unpaired) electrons. The van der Waals surface area contributed by atoms with Gasteiger partial charge in [0.1, 0.15) is 0 Å². The Hall–Kier alpha value is -1.90. The van der Waals surface area contributed by atoms with Gasteiger partial charge in [-0.1, -0.05) is 23.9 Å². The fourth-order valence-corrected chi connectivity index (χ4v) is 4.19. The van der Waals surface area contributed by atoms with Crippen molar-refractivity contribution < 1.29 is 14.3 Å². The third-order valence-corrected chi connectivity index (χ3v) is 5.68. The van der Waals surface area contributed by atoms with Crippen LogP contribution in [0.2, 0.25) is 0 Å². The minimum absolute atomic E-state index is 0.0437. The summed E-state index contributed by atoms with van der Waals surface area (Å²) in [5, 5.41) is 1.17. The molecule has 1 unspecified atom stereocenters. The van der Waals surface area contributed by atoms with Crippen LogP contribution in [0, 0.1) is 0 Å². The van der Waals surface area contributed by atoms with Crippen LogP contribution in [0.4, 0.5) is 0 Å². The summed E-state index contributed by atoms with van der Waals surface area (Å²) in [4.78, 5) is 32.1. The Morgan fingerprint density at radius 1 is 1.38 bits per heavy atom. The average Bonchev–Trinajstić information content (AvgIpc) is 2.70. The number of para-hydroxylation sites is 1. The van der Waals surface area contributed by atoms with Gasteiger partial charge in [0, 0.05) is 26.2 Å². The van der Waals surface area contributed by atoms with Gasteiger partial charge >= 0.3 is 0 Å². The molecule has 0 N–H and O–H groups in total. The van der Waals surface area contributed by atoms with Gasteiger partial charge in [-0.2, -0.15) is 0 Å². The Labute approximate surface area is 175 Å². The topological polar surface area (TPSA) is 73.7 Å². The molecule has 1 saturated heterocycles. The van der Waals surface area contributed by atoms with Gasteiger partial charge in [0.2, 0.25) is 5.91 Å². The molecule has 2 aromatic rings. The molecule has 0 aliphatic carbocycles. The van der Waals surface area contributed by atoms with Crippen LogP contribution in [0.1, 0.15) is 27.2 Å². The molecule has 2 heterocycles. The maximum atomic E-state index is 13.0. The Kier molecular flexibility index (Phi) is 7.69. The van der Waals surface area contributed by atoms with Crippen LogP contribution in [0.25, 0.3) is 10.9 Å². The van der Waals surface area contributed by atoms with Crippen LogP contribution >= 0.6 is 11.8 Å². The quantitative estimate of drug-likeness (QED) is 0.372. The van der Waals surface area contributed by atoms with Crippen molar-refractivity contribution >= 4 is 28.6 Å². The van der Waals surface area contributed by atoms with Crippen molar-refractivity contribution in [2.75, 3.05) is 32.1 Å². The van der Waals surface area contributed by atoms with Crippen LogP contribution in [0.5, 0.6) is 0 Å². The predicted molar refractivity (Wildman–Crippen MR) is 114 cm³/mol. The Morgan fingerprint density at radius 3 is 2.93 bits per heavy atom. The summed E-state index contributed by atoms with van der Waals surface area (Å²) in [6.45, 7) is 8.80. The molecule has 158 valence electrons. The zero-order valence-electron chi connectivity index (χ0n) is 17.3. The number of amides is 1. The molecular weight excluding hydrogens is 390 g/mol. The van der Waals surface area contributed by atoms with Gasteiger partial charge in [-0.15, -0.1) is 0 Å². The lowest BCUT2D eigenvalue weighted by molar-refractivity contribution is -0.135. The van der Waals surface area contributed by atoms with E-state index in [1.54, 1.807) is 10.6 Å². The first kappa shape index (κ1) is 21.8. The number of ether oxygens (including phenoxy) is 2. The first-order valence-corrected chi connectivity index (χ1v) is 11.1. The third-order valence-electron chi connectivity index (χ3n) is 4.72. The maximum Gasteiger partial charge on any atom is 0.262 e. The first-order valence-electron chi connectivity index (χ1n) is 10.1. The molecule has 1 aliphatic heterocycles. The number of benzene rings is 1. The minimum atomic E-state index is -0.0740. The number of hydrogen-bond donors (Lipinski definition) is 0. The van der Waals surface area contributed by atoms with Crippen LogP contribution in [0.3, 0.4) is 0 Å². The zero-order valence-corrected chi connectivity index (χ0v) is 18.1. The molecule has 8 heteroatoms. The smallest absolute Gasteiger partial charge is 0.262 e. The summed E-state index contributed by atoms with van der Waals surface area (Å²) in [5.74, 6) is 0.294. The van der Waals surface area contributed by atoms with E-state index >= 15 is 0 Å². The van der Waals surface area contributed by atoms with Gasteiger partial charge in [0.25, 0.3) is 5.56 Å². The number of carbonyl (C=O) groups is 1. The van der Waals surface area contributed by atoms with Crippen LogP contribution < -0.4 is 5.56 Å². The average molecular weight is 420 g/mol. The second-order valence-corrected chi connectivity index (χ2v) is 8.39. The van der Waals surface area contributed by atoms with E-state index in [2.05, 4.69) is 4.98 Å². The summed E-state index contributed by atoms with van der Waals surface area (Å²) in [7, 11) is 0. The highest BCUT2D eigenvalue weighted by molar-refractivity contribution is 7.99. The van der Waals surface area contributed by atoms with E-state index in [4.69, 9.17) is 9.47 Å². The van der Waals surface area contributed by atoms with Gasteiger partial charge in [-0.25, -0.2) is 4.98 Å². The molecule has 7 nitrogen and oxygen atoms in total. The first-order chi connectivity index (χ1) is 14.0. The van der Waals surface area contributed by atoms with E-state index in [0.29, 0.717) is 55.3 Å². The standard InChI is InChI=1S/C21H29N3O4S/c1-15(2)27-11-6-9-24-20(26)17-7-4-5-8-18(17)22-21(24)29-14-19(25)23-10-12-28-16(3)13-23/h4-5,7-8,15-16H,6,9-14H2,1-3H3. The molecule has 0 saturated carbocycles. The summed E-state index contributed by atoms with van der Waals surface area (Å²) < 4.78 is 12.8. The molecule has 1 aliphatic rings. The van der Waals surface area contributed by atoms with Crippen molar-refractivity contribution in [3.05, 3.63) is 34.6 Å². The monoisotopic (exact) mass is 419 g/mol. The molecule has 0 bridgehead atoms. The number of fused-ring (bicyclic) bond motifs is 1. The highest BCUT2D eigenvalue weighted by Gasteiger charge is 2.22. The van der Waals surface area contributed by atoms with Crippen molar-refractivity contribution in [3.8, 4) is 0 Å². The number of morpholine rings is 1. The molecule has 29 heavy (non-hydrogen) atoms. The second kappa shape index (κ2) is 10.2.